The number of ether oxygens (including phenoxy) is 1. The quantitative estimate of drug-likeness (QED) is 0.806. The van der Waals surface area contributed by atoms with Crippen molar-refractivity contribution in [1.82, 2.24) is 4.90 Å². The molecular weight excluding hydrogens is 306 g/mol. The third-order valence-corrected chi connectivity index (χ3v) is 5.45. The summed E-state index contributed by atoms with van der Waals surface area (Å²) in [5, 5.41) is 0. The van der Waals surface area contributed by atoms with Crippen LogP contribution in [0.4, 0.5) is 0 Å². The molecule has 1 fully saturated rings. The molecule has 130 valence electrons. The van der Waals surface area contributed by atoms with Gasteiger partial charge in [-0.05, 0) is 66.1 Å². The van der Waals surface area contributed by atoms with Crippen LogP contribution >= 0.6 is 0 Å². The van der Waals surface area contributed by atoms with Crippen molar-refractivity contribution in [1.29, 1.82) is 0 Å². The lowest BCUT2D eigenvalue weighted by atomic mass is 9.98. The van der Waals surface area contributed by atoms with Crippen LogP contribution in [-0.4, -0.2) is 37.7 Å². The molecule has 2 heteroatoms. The first kappa shape index (κ1) is 16.6. The Balaban J connectivity index is 1.38. The summed E-state index contributed by atoms with van der Waals surface area (Å²) in [6.07, 6.45) is 5.84. The van der Waals surface area contributed by atoms with E-state index in [0.29, 0.717) is 0 Å². The highest BCUT2D eigenvalue weighted by Crippen LogP contribution is 2.33. The second kappa shape index (κ2) is 7.55. The van der Waals surface area contributed by atoms with Crippen molar-refractivity contribution >= 4 is 11.6 Å². The van der Waals surface area contributed by atoms with E-state index in [1.165, 1.54) is 52.8 Å². The van der Waals surface area contributed by atoms with E-state index < -0.39 is 0 Å². The van der Waals surface area contributed by atoms with Gasteiger partial charge in [-0.1, -0.05) is 48.5 Å². The molecule has 1 heterocycles. The van der Waals surface area contributed by atoms with E-state index in [0.717, 1.165) is 32.7 Å². The number of morpholine rings is 1. The highest BCUT2D eigenvalue weighted by molar-refractivity contribution is 5.89. The zero-order valence-corrected chi connectivity index (χ0v) is 15.1. The van der Waals surface area contributed by atoms with Crippen LogP contribution in [0.1, 0.15) is 34.2 Å². The van der Waals surface area contributed by atoms with Crippen LogP contribution in [0.25, 0.3) is 11.6 Å². The molecule has 2 aromatic rings. The fraction of sp³-hybridized carbons (Fsp3) is 0.391. The van der Waals surface area contributed by atoms with Crippen LogP contribution in [0.15, 0.2) is 42.5 Å². The number of fused-ring (bicyclic) bond motifs is 1. The van der Waals surface area contributed by atoms with E-state index in [2.05, 4.69) is 60.4 Å². The molecule has 0 aromatic heterocycles. The number of nitrogens with zero attached hydrogens (tertiary/aromatic N) is 1. The fourth-order valence-corrected chi connectivity index (χ4v) is 3.99. The first-order chi connectivity index (χ1) is 12.3. The summed E-state index contributed by atoms with van der Waals surface area (Å²) in [6, 6.07) is 15.8. The Morgan fingerprint density at radius 3 is 2.72 bits per heavy atom. The molecule has 0 atom stereocenters. The summed E-state index contributed by atoms with van der Waals surface area (Å²) in [6.45, 7) is 7.36. The Morgan fingerprint density at radius 2 is 1.88 bits per heavy atom. The summed E-state index contributed by atoms with van der Waals surface area (Å²) < 4.78 is 5.42. The molecule has 2 aromatic carbocycles. The maximum absolute atomic E-state index is 5.42. The van der Waals surface area contributed by atoms with E-state index in [1.807, 2.05) is 0 Å². The summed E-state index contributed by atoms with van der Waals surface area (Å²) in [7, 11) is 0. The van der Waals surface area contributed by atoms with Gasteiger partial charge in [0.1, 0.15) is 0 Å². The van der Waals surface area contributed by atoms with Gasteiger partial charge in [0.15, 0.2) is 0 Å². The predicted molar refractivity (Wildman–Crippen MR) is 105 cm³/mol. The third-order valence-electron chi connectivity index (χ3n) is 5.45. The number of hydrogen-bond acceptors (Lipinski definition) is 2. The molecule has 1 saturated heterocycles. The Hall–Kier alpha value is -1.90. The summed E-state index contributed by atoms with van der Waals surface area (Å²) in [4.78, 5) is 2.52. The Morgan fingerprint density at radius 1 is 1.04 bits per heavy atom. The average Bonchev–Trinajstić information content (AvgIpc) is 3.06. The maximum atomic E-state index is 5.42. The molecule has 0 amide bonds. The lowest BCUT2D eigenvalue weighted by Crippen LogP contribution is -2.36. The highest BCUT2D eigenvalue weighted by Gasteiger charge is 2.16. The molecule has 1 aliphatic heterocycles. The van der Waals surface area contributed by atoms with Crippen LogP contribution in [0.3, 0.4) is 0 Å². The maximum Gasteiger partial charge on any atom is 0.0594 e. The predicted octanol–water partition coefficient (Wildman–Crippen LogP) is 4.36. The minimum absolute atomic E-state index is 0.895. The van der Waals surface area contributed by atoms with Gasteiger partial charge in [-0.2, -0.15) is 0 Å². The molecule has 0 radical (unpaired) electrons. The molecule has 1 aliphatic carbocycles. The minimum Gasteiger partial charge on any atom is -0.379 e. The van der Waals surface area contributed by atoms with Crippen molar-refractivity contribution < 1.29 is 4.74 Å². The average molecular weight is 333 g/mol. The van der Waals surface area contributed by atoms with Gasteiger partial charge < -0.3 is 4.74 Å². The first-order valence-electron chi connectivity index (χ1n) is 9.48. The van der Waals surface area contributed by atoms with Crippen molar-refractivity contribution in [2.45, 2.75) is 26.2 Å². The number of aryl methyl sites for hydroxylation is 2. The number of allylic oxidation sites excluding steroid dienone is 1. The molecule has 2 aliphatic rings. The van der Waals surface area contributed by atoms with Crippen molar-refractivity contribution in [2.24, 2.45) is 0 Å². The number of hydrogen-bond donors (Lipinski definition) is 0. The summed E-state index contributed by atoms with van der Waals surface area (Å²) in [5.41, 5.74) is 8.59. The second-order valence-electron chi connectivity index (χ2n) is 7.25. The summed E-state index contributed by atoms with van der Waals surface area (Å²) in [5.74, 6) is 0. The van der Waals surface area contributed by atoms with Gasteiger partial charge in [-0.15, -0.1) is 0 Å². The highest BCUT2D eigenvalue weighted by atomic mass is 16.5. The normalized spacial score (nSPS) is 17.4. The van der Waals surface area contributed by atoms with Gasteiger partial charge in [-0.25, -0.2) is 0 Å². The van der Waals surface area contributed by atoms with Crippen LogP contribution < -0.4 is 0 Å². The van der Waals surface area contributed by atoms with Gasteiger partial charge in [0.2, 0.25) is 0 Å². The lowest BCUT2D eigenvalue weighted by molar-refractivity contribution is 0.0375. The van der Waals surface area contributed by atoms with Crippen molar-refractivity contribution in [2.75, 3.05) is 32.8 Å². The van der Waals surface area contributed by atoms with Crippen molar-refractivity contribution in [3.05, 3.63) is 70.3 Å². The standard InChI is InChI=1S/C23H27NO/c1-18-5-2-3-7-23(18)22-16-20-9-8-19(15-21(20)17-22)6-4-10-24-11-13-25-14-12-24/h2-3,5,7-9,15-16H,4,6,10-14,17H2,1H3. The minimum atomic E-state index is 0.895. The molecule has 0 unspecified atom stereocenters. The molecule has 2 nitrogen and oxygen atoms in total. The zero-order chi connectivity index (χ0) is 17.1. The van der Waals surface area contributed by atoms with E-state index in [-0.39, 0.29) is 0 Å². The van der Waals surface area contributed by atoms with E-state index in [4.69, 9.17) is 4.74 Å². The van der Waals surface area contributed by atoms with Gasteiger partial charge in [0, 0.05) is 13.1 Å². The van der Waals surface area contributed by atoms with Gasteiger partial charge >= 0.3 is 0 Å². The molecular formula is C23H27NO. The fourth-order valence-electron chi connectivity index (χ4n) is 3.99. The molecule has 0 spiro atoms. The third kappa shape index (κ3) is 3.86. The van der Waals surface area contributed by atoms with Crippen LogP contribution in [0.5, 0.6) is 0 Å². The smallest absolute Gasteiger partial charge is 0.0594 e. The molecule has 25 heavy (non-hydrogen) atoms. The zero-order valence-electron chi connectivity index (χ0n) is 15.1. The number of benzene rings is 2. The van der Waals surface area contributed by atoms with E-state index in [9.17, 15) is 0 Å². The van der Waals surface area contributed by atoms with Crippen LogP contribution in [-0.2, 0) is 17.6 Å². The second-order valence-corrected chi connectivity index (χ2v) is 7.25. The first-order valence-corrected chi connectivity index (χ1v) is 9.48. The molecule has 4 rings (SSSR count). The topological polar surface area (TPSA) is 12.5 Å². The summed E-state index contributed by atoms with van der Waals surface area (Å²) >= 11 is 0. The monoisotopic (exact) mass is 333 g/mol. The molecule has 0 N–H and O–H groups in total. The van der Waals surface area contributed by atoms with Gasteiger partial charge in [0.05, 0.1) is 13.2 Å². The molecule has 0 saturated carbocycles. The van der Waals surface area contributed by atoms with E-state index >= 15 is 0 Å². The van der Waals surface area contributed by atoms with Gasteiger partial charge in [0.25, 0.3) is 0 Å². The van der Waals surface area contributed by atoms with Crippen molar-refractivity contribution in [3.8, 4) is 0 Å². The lowest BCUT2D eigenvalue weighted by Gasteiger charge is -2.26. The Bertz CT molecular complexity index is 771. The largest absolute Gasteiger partial charge is 0.379 e. The molecule has 0 bridgehead atoms. The van der Waals surface area contributed by atoms with Crippen molar-refractivity contribution in [3.63, 3.8) is 0 Å². The Labute approximate surface area is 151 Å². The van der Waals surface area contributed by atoms with Gasteiger partial charge in [-0.3, -0.25) is 4.90 Å². The van der Waals surface area contributed by atoms with Crippen LogP contribution in [0, 0.1) is 6.92 Å². The SMILES string of the molecule is Cc1ccccc1C1=Cc2ccc(CCCN3CCOCC3)cc2C1. The van der Waals surface area contributed by atoms with E-state index in [1.54, 1.807) is 0 Å². The Kier molecular flexibility index (Phi) is 5.00. The number of rotatable bonds is 5. The van der Waals surface area contributed by atoms with Crippen LogP contribution in [0.2, 0.25) is 0 Å².